The monoisotopic (exact) mass is 433 g/mol. The molecule has 2 aromatic carbocycles. The van der Waals surface area contributed by atoms with Gasteiger partial charge < -0.3 is 14.8 Å². The van der Waals surface area contributed by atoms with Crippen LogP contribution in [0.4, 0.5) is 5.69 Å². The van der Waals surface area contributed by atoms with Gasteiger partial charge in [-0.25, -0.2) is 4.98 Å². The van der Waals surface area contributed by atoms with Gasteiger partial charge in [0.05, 0.1) is 24.9 Å². The number of ether oxygens (including phenoxy) is 2. The molecule has 0 fully saturated rings. The molecule has 3 aromatic rings. The van der Waals surface area contributed by atoms with E-state index in [1.54, 1.807) is 18.7 Å². The molecular formula is C26H31N3O3. The number of fused-ring (bicyclic) bond motifs is 1. The number of hydrogen-bond donors (Lipinski definition) is 1. The Morgan fingerprint density at radius 1 is 1.19 bits per heavy atom. The van der Waals surface area contributed by atoms with Crippen LogP contribution >= 0.6 is 0 Å². The lowest BCUT2D eigenvalue weighted by Crippen LogP contribution is -2.31. The lowest BCUT2D eigenvalue weighted by molar-refractivity contribution is 0.0574. The summed E-state index contributed by atoms with van der Waals surface area (Å²) in [5.41, 5.74) is 5.61. The largest absolute Gasteiger partial charge is 0.497 e. The predicted molar refractivity (Wildman–Crippen MR) is 128 cm³/mol. The summed E-state index contributed by atoms with van der Waals surface area (Å²) in [7, 11) is 3.43. The third kappa shape index (κ3) is 3.91. The summed E-state index contributed by atoms with van der Waals surface area (Å²) in [5.74, 6) is 1.44. The lowest BCUT2D eigenvalue weighted by Gasteiger charge is -2.24. The Hall–Kier alpha value is -3.12. The number of nitrogens with zero attached hydrogens (tertiary/aromatic N) is 2. The third-order valence-electron chi connectivity index (χ3n) is 6.24. The Balaban J connectivity index is 1.78. The molecule has 1 aliphatic carbocycles. The number of aromatic nitrogens is 2. The molecule has 2 atom stereocenters. The number of rotatable bonds is 7. The second kappa shape index (κ2) is 9.17. The summed E-state index contributed by atoms with van der Waals surface area (Å²) in [6, 6.07) is 14.1. The van der Waals surface area contributed by atoms with E-state index in [2.05, 4.69) is 17.4 Å². The van der Waals surface area contributed by atoms with Crippen LogP contribution in [0.3, 0.4) is 0 Å². The van der Waals surface area contributed by atoms with Gasteiger partial charge in [0.2, 0.25) is 0 Å². The van der Waals surface area contributed by atoms with Crippen molar-refractivity contribution in [2.45, 2.75) is 45.8 Å². The number of aryl methyl sites for hydroxylation is 2. The molecule has 0 saturated carbocycles. The number of benzene rings is 2. The molecule has 0 radical (unpaired) electrons. The first-order valence-corrected chi connectivity index (χ1v) is 11.2. The van der Waals surface area contributed by atoms with Gasteiger partial charge in [-0.05, 0) is 55.2 Å². The number of nitrogens with one attached hydrogen (secondary N) is 1. The molecule has 168 valence electrons. The van der Waals surface area contributed by atoms with Gasteiger partial charge in [0.15, 0.2) is 0 Å². The van der Waals surface area contributed by atoms with Crippen LogP contribution < -0.4 is 15.6 Å². The smallest absolute Gasteiger partial charge is 0.277 e. The van der Waals surface area contributed by atoms with Crippen LogP contribution in [0.25, 0.3) is 11.4 Å². The van der Waals surface area contributed by atoms with Crippen LogP contribution in [-0.4, -0.2) is 29.4 Å². The zero-order chi connectivity index (χ0) is 22.8. The van der Waals surface area contributed by atoms with E-state index in [9.17, 15) is 4.79 Å². The molecule has 0 unspecified atom stereocenters. The van der Waals surface area contributed by atoms with Gasteiger partial charge in [-0.1, -0.05) is 31.2 Å². The fourth-order valence-electron chi connectivity index (χ4n) is 4.56. The first-order chi connectivity index (χ1) is 15.5. The van der Waals surface area contributed by atoms with Crippen LogP contribution in [0.1, 0.15) is 42.3 Å². The Morgan fingerprint density at radius 3 is 2.66 bits per heavy atom. The highest BCUT2D eigenvalue weighted by atomic mass is 16.5. The van der Waals surface area contributed by atoms with Crippen LogP contribution in [0.2, 0.25) is 0 Å². The van der Waals surface area contributed by atoms with Gasteiger partial charge in [-0.2, -0.15) is 0 Å². The normalized spacial score (nSPS) is 17.3. The van der Waals surface area contributed by atoms with Crippen LogP contribution in [-0.2, 0) is 24.6 Å². The third-order valence-corrected chi connectivity index (χ3v) is 6.24. The minimum atomic E-state index is -0.0838. The minimum absolute atomic E-state index is 0.0182. The molecule has 0 spiro atoms. The molecule has 1 heterocycles. The van der Waals surface area contributed by atoms with E-state index in [0.717, 1.165) is 29.0 Å². The lowest BCUT2D eigenvalue weighted by atomic mass is 10.1. The predicted octanol–water partition coefficient (Wildman–Crippen LogP) is 4.44. The van der Waals surface area contributed by atoms with E-state index < -0.39 is 0 Å². The first-order valence-electron chi connectivity index (χ1n) is 11.2. The van der Waals surface area contributed by atoms with Crippen molar-refractivity contribution in [1.82, 2.24) is 9.55 Å². The Labute approximate surface area is 189 Å². The van der Waals surface area contributed by atoms with Crippen LogP contribution in [0, 0.1) is 6.92 Å². The topological polar surface area (TPSA) is 65.4 Å². The molecule has 1 aliphatic rings. The number of methoxy groups -OCH3 is 1. The highest BCUT2D eigenvalue weighted by Gasteiger charge is 2.34. The quantitative estimate of drug-likeness (QED) is 0.597. The van der Waals surface area contributed by atoms with E-state index in [4.69, 9.17) is 14.5 Å². The zero-order valence-corrected chi connectivity index (χ0v) is 19.4. The van der Waals surface area contributed by atoms with E-state index in [1.807, 2.05) is 51.1 Å². The molecule has 32 heavy (non-hydrogen) atoms. The van der Waals surface area contributed by atoms with Gasteiger partial charge >= 0.3 is 0 Å². The maximum atomic E-state index is 13.5. The molecule has 1 aromatic heterocycles. The molecular weight excluding hydrogens is 402 g/mol. The molecule has 1 N–H and O–H groups in total. The molecule has 0 bridgehead atoms. The van der Waals surface area contributed by atoms with E-state index in [0.29, 0.717) is 24.5 Å². The molecule has 0 saturated heterocycles. The molecule has 4 rings (SSSR count). The second-order valence-corrected chi connectivity index (χ2v) is 8.17. The van der Waals surface area contributed by atoms with Crippen LogP contribution in [0.15, 0.2) is 47.3 Å². The van der Waals surface area contributed by atoms with Crippen molar-refractivity contribution in [3.63, 3.8) is 0 Å². The van der Waals surface area contributed by atoms with Gasteiger partial charge in [-0.15, -0.1) is 0 Å². The molecule has 6 nitrogen and oxygen atoms in total. The average Bonchev–Trinajstić information content (AvgIpc) is 3.14. The van der Waals surface area contributed by atoms with Crippen molar-refractivity contribution in [3.05, 3.63) is 75.2 Å². The standard InChI is InChI=1S/C26H31N3O3/c1-6-21-24(28-23-20-11-9-8-10-17(20)15-22(23)32-7-2)26(30)29(4)25(27-21)19-13-12-18(31-5)14-16(19)3/h8-14,22-23,28H,6-7,15H2,1-5H3/t22-,23+/m0/s1. The molecule has 0 aliphatic heterocycles. The van der Waals surface area contributed by atoms with Crippen molar-refractivity contribution in [2.24, 2.45) is 7.05 Å². The highest BCUT2D eigenvalue weighted by molar-refractivity contribution is 5.64. The zero-order valence-electron chi connectivity index (χ0n) is 19.4. The highest BCUT2D eigenvalue weighted by Crippen LogP contribution is 2.36. The fourth-order valence-corrected chi connectivity index (χ4v) is 4.56. The summed E-state index contributed by atoms with van der Waals surface area (Å²) in [4.78, 5) is 18.5. The maximum Gasteiger partial charge on any atom is 0.277 e. The van der Waals surface area contributed by atoms with E-state index in [1.165, 1.54) is 11.1 Å². The van der Waals surface area contributed by atoms with Crippen molar-refractivity contribution >= 4 is 5.69 Å². The summed E-state index contributed by atoms with van der Waals surface area (Å²) in [6.07, 6.45) is 1.46. The summed E-state index contributed by atoms with van der Waals surface area (Å²) in [6.45, 7) is 6.66. The van der Waals surface area contributed by atoms with Gasteiger partial charge in [0.1, 0.15) is 17.3 Å². The summed E-state index contributed by atoms with van der Waals surface area (Å²) < 4.78 is 13.0. The van der Waals surface area contributed by atoms with Gasteiger partial charge in [0.25, 0.3) is 5.56 Å². The Morgan fingerprint density at radius 2 is 1.97 bits per heavy atom. The number of hydrogen-bond acceptors (Lipinski definition) is 5. The summed E-state index contributed by atoms with van der Waals surface area (Å²) in [5, 5.41) is 3.53. The maximum absolute atomic E-state index is 13.5. The minimum Gasteiger partial charge on any atom is -0.497 e. The Kier molecular flexibility index (Phi) is 6.33. The average molecular weight is 434 g/mol. The van der Waals surface area contributed by atoms with Crippen molar-refractivity contribution < 1.29 is 9.47 Å². The number of anilines is 1. The van der Waals surface area contributed by atoms with Crippen molar-refractivity contribution in [2.75, 3.05) is 19.0 Å². The second-order valence-electron chi connectivity index (χ2n) is 8.17. The van der Waals surface area contributed by atoms with Gasteiger partial charge in [0, 0.05) is 25.6 Å². The van der Waals surface area contributed by atoms with Crippen molar-refractivity contribution in [3.8, 4) is 17.1 Å². The first kappa shape index (κ1) is 22.1. The van der Waals surface area contributed by atoms with Crippen molar-refractivity contribution in [1.29, 1.82) is 0 Å². The molecule has 6 heteroatoms. The summed E-state index contributed by atoms with van der Waals surface area (Å²) >= 11 is 0. The SMILES string of the molecule is CCO[C@H]1Cc2ccccc2[C@H]1Nc1c(CC)nc(-c2ccc(OC)cc2C)n(C)c1=O. The van der Waals surface area contributed by atoms with E-state index >= 15 is 0 Å². The Bertz CT molecular complexity index is 1190. The van der Waals surface area contributed by atoms with Gasteiger partial charge in [-0.3, -0.25) is 9.36 Å². The van der Waals surface area contributed by atoms with E-state index in [-0.39, 0.29) is 17.7 Å². The molecule has 0 amide bonds. The fraction of sp³-hybridized carbons (Fsp3) is 0.385. The van der Waals surface area contributed by atoms with Crippen LogP contribution in [0.5, 0.6) is 5.75 Å².